The van der Waals surface area contributed by atoms with Crippen molar-refractivity contribution in [1.82, 2.24) is 20.9 Å². The van der Waals surface area contributed by atoms with Gasteiger partial charge in [-0.15, -0.1) is 4.28 Å². The lowest BCUT2D eigenvalue weighted by Gasteiger charge is -2.28. The molecule has 0 aromatic carbocycles. The maximum absolute atomic E-state index is 12.1. The van der Waals surface area contributed by atoms with Gasteiger partial charge in [0.05, 0.1) is 6.04 Å². The highest BCUT2D eigenvalue weighted by Gasteiger charge is 2.49. The van der Waals surface area contributed by atoms with Crippen molar-refractivity contribution in [3.63, 3.8) is 0 Å². The third-order valence-corrected chi connectivity index (χ3v) is 3.79. The lowest BCUT2D eigenvalue weighted by atomic mass is 10.0. The first-order chi connectivity index (χ1) is 11.7. The highest BCUT2D eigenvalue weighted by atomic mass is 32.3. The van der Waals surface area contributed by atoms with Crippen molar-refractivity contribution in [1.29, 1.82) is 5.41 Å². The molecule has 2 fully saturated rings. The zero-order valence-corrected chi connectivity index (χ0v) is 13.7. The molecular weight excluding hydrogens is 364 g/mol. The highest BCUT2D eigenvalue weighted by Crippen LogP contribution is 2.30. The van der Waals surface area contributed by atoms with Crippen LogP contribution in [0.4, 0.5) is 4.79 Å². The van der Waals surface area contributed by atoms with Crippen LogP contribution in [0.25, 0.3) is 0 Å². The molecule has 2 unspecified atom stereocenters. The molecule has 2 atom stereocenters. The standard InChI is InChI=1S/C10H18N6O8S/c11-9(12)14-23-4-3-22-13-8(17)7-2-1-6-5-15(7)10(18)16(6)24-25(19,20)21/h6-7H,1-5H2,(H,13,17)(H4,11,12,14)(H,19,20,21). The summed E-state index contributed by atoms with van der Waals surface area (Å²) in [5.41, 5.74) is 9.21. The van der Waals surface area contributed by atoms with Gasteiger partial charge in [-0.2, -0.15) is 13.5 Å². The Bertz CT molecular complexity index is 641. The number of piperidine rings is 1. The Morgan fingerprint density at radius 3 is 2.56 bits per heavy atom. The molecule has 6 N–H and O–H groups in total. The van der Waals surface area contributed by atoms with Gasteiger partial charge in [-0.05, 0) is 12.8 Å². The van der Waals surface area contributed by atoms with Crippen LogP contribution in [0.15, 0.2) is 0 Å². The topological polar surface area (TPSA) is 197 Å². The van der Waals surface area contributed by atoms with Crippen LogP contribution in [-0.2, 0) is 29.2 Å². The summed E-state index contributed by atoms with van der Waals surface area (Å²) in [7, 11) is -4.84. The maximum atomic E-state index is 12.1. The van der Waals surface area contributed by atoms with Crippen molar-refractivity contribution in [2.24, 2.45) is 5.73 Å². The Morgan fingerprint density at radius 1 is 1.32 bits per heavy atom. The van der Waals surface area contributed by atoms with Crippen LogP contribution in [0.2, 0.25) is 0 Å². The summed E-state index contributed by atoms with van der Waals surface area (Å²) in [6, 6.07) is -2.28. The van der Waals surface area contributed by atoms with Gasteiger partial charge in [-0.3, -0.25) is 24.4 Å². The number of hydrogen-bond donors (Lipinski definition) is 5. The minimum Gasteiger partial charge on any atom is -0.368 e. The monoisotopic (exact) mass is 382 g/mol. The van der Waals surface area contributed by atoms with Crippen molar-refractivity contribution < 1.29 is 36.5 Å². The van der Waals surface area contributed by atoms with Gasteiger partial charge in [0.2, 0.25) is 5.96 Å². The van der Waals surface area contributed by atoms with Crippen LogP contribution >= 0.6 is 0 Å². The molecule has 2 aliphatic heterocycles. The summed E-state index contributed by atoms with van der Waals surface area (Å²) < 4.78 is 34.5. The van der Waals surface area contributed by atoms with E-state index in [1.807, 2.05) is 0 Å². The van der Waals surface area contributed by atoms with E-state index in [1.165, 1.54) is 0 Å². The first-order valence-corrected chi connectivity index (χ1v) is 8.46. The smallest absolute Gasteiger partial charge is 0.368 e. The fraction of sp³-hybridized carbons (Fsp3) is 0.700. The summed E-state index contributed by atoms with van der Waals surface area (Å²) >= 11 is 0. The van der Waals surface area contributed by atoms with E-state index in [4.69, 9.17) is 25.4 Å². The molecule has 2 heterocycles. The fourth-order valence-corrected chi connectivity index (χ4v) is 2.89. The molecule has 142 valence electrons. The second-order valence-corrected chi connectivity index (χ2v) is 6.19. The lowest BCUT2D eigenvalue weighted by Crippen LogP contribution is -2.49. The second-order valence-electron chi connectivity index (χ2n) is 5.19. The third kappa shape index (κ3) is 5.13. The van der Waals surface area contributed by atoms with E-state index < -0.39 is 34.4 Å². The number of amides is 3. The van der Waals surface area contributed by atoms with Crippen LogP contribution in [-0.4, -0.2) is 72.7 Å². The molecule has 0 radical (unpaired) electrons. The second kappa shape index (κ2) is 7.79. The number of hydroxylamine groups is 4. The zero-order valence-electron chi connectivity index (χ0n) is 12.9. The fourth-order valence-electron chi connectivity index (χ4n) is 2.51. The first-order valence-electron chi connectivity index (χ1n) is 7.09. The van der Waals surface area contributed by atoms with Crippen molar-refractivity contribution in [3.8, 4) is 0 Å². The average molecular weight is 382 g/mol. The van der Waals surface area contributed by atoms with E-state index in [9.17, 15) is 18.0 Å². The Hall–Kier alpha value is -2.20. The Balaban J connectivity index is 1.81. The summed E-state index contributed by atoms with van der Waals surface area (Å²) in [6.45, 7) is 0.0244. The molecule has 2 bridgehead atoms. The Labute approximate surface area is 142 Å². The van der Waals surface area contributed by atoms with E-state index in [0.29, 0.717) is 11.5 Å². The van der Waals surface area contributed by atoms with E-state index in [1.54, 1.807) is 0 Å². The van der Waals surface area contributed by atoms with Crippen molar-refractivity contribution in [2.75, 3.05) is 19.8 Å². The number of carbonyl (C=O) groups excluding carboxylic acids is 2. The molecule has 0 saturated carbocycles. The first kappa shape index (κ1) is 19.1. The van der Waals surface area contributed by atoms with Gasteiger partial charge in [0.25, 0.3) is 5.91 Å². The predicted octanol–water partition coefficient (Wildman–Crippen LogP) is -2.55. The number of fused-ring (bicyclic) bond motifs is 2. The average Bonchev–Trinajstić information content (AvgIpc) is 2.74. The molecular formula is C10H18N6O8S. The molecule has 0 aromatic heterocycles. The number of guanidine groups is 1. The molecule has 3 amide bonds. The van der Waals surface area contributed by atoms with Gasteiger partial charge in [-0.1, -0.05) is 0 Å². The number of hydrogen-bond acceptors (Lipinski definition) is 8. The van der Waals surface area contributed by atoms with Gasteiger partial charge in [-0.25, -0.2) is 15.8 Å². The number of nitrogens with two attached hydrogens (primary N) is 1. The molecule has 14 nitrogen and oxygen atoms in total. The van der Waals surface area contributed by atoms with Crippen molar-refractivity contribution in [3.05, 3.63) is 0 Å². The normalized spacial score (nSPS) is 22.8. The number of rotatable bonds is 8. The summed E-state index contributed by atoms with van der Waals surface area (Å²) in [5.74, 6) is -0.981. The molecule has 0 aliphatic carbocycles. The van der Waals surface area contributed by atoms with Crippen molar-refractivity contribution >= 4 is 28.3 Å². The Kier molecular flexibility index (Phi) is 5.96. The van der Waals surface area contributed by atoms with E-state index in [0.717, 1.165) is 4.90 Å². The highest BCUT2D eigenvalue weighted by molar-refractivity contribution is 7.80. The minimum atomic E-state index is -4.84. The number of urea groups is 1. The number of nitrogens with one attached hydrogen (secondary N) is 3. The summed E-state index contributed by atoms with van der Waals surface area (Å²) in [5, 5.41) is 7.39. The maximum Gasteiger partial charge on any atom is 0.418 e. The lowest BCUT2D eigenvalue weighted by molar-refractivity contribution is -0.140. The van der Waals surface area contributed by atoms with Crippen LogP contribution in [0.5, 0.6) is 0 Å². The summed E-state index contributed by atoms with van der Waals surface area (Å²) in [6.07, 6.45) is 0.570. The largest absolute Gasteiger partial charge is 0.418 e. The van der Waals surface area contributed by atoms with Gasteiger partial charge in [0, 0.05) is 6.54 Å². The summed E-state index contributed by atoms with van der Waals surface area (Å²) in [4.78, 5) is 34.9. The van der Waals surface area contributed by atoms with Crippen LogP contribution < -0.4 is 16.7 Å². The Morgan fingerprint density at radius 2 is 1.96 bits per heavy atom. The minimum absolute atomic E-state index is 0.00871. The van der Waals surface area contributed by atoms with Gasteiger partial charge in [0.1, 0.15) is 19.3 Å². The molecule has 2 aliphatic rings. The van der Waals surface area contributed by atoms with Crippen LogP contribution in [0.1, 0.15) is 12.8 Å². The molecule has 0 spiro atoms. The molecule has 2 rings (SSSR count). The predicted molar refractivity (Wildman–Crippen MR) is 78.5 cm³/mol. The van der Waals surface area contributed by atoms with Gasteiger partial charge >= 0.3 is 16.4 Å². The van der Waals surface area contributed by atoms with E-state index >= 15 is 0 Å². The van der Waals surface area contributed by atoms with Crippen molar-refractivity contribution in [2.45, 2.75) is 24.9 Å². The molecule has 15 heteroatoms. The third-order valence-electron chi connectivity index (χ3n) is 3.44. The zero-order chi connectivity index (χ0) is 18.6. The molecule has 25 heavy (non-hydrogen) atoms. The molecule has 0 aromatic rings. The van der Waals surface area contributed by atoms with Gasteiger partial charge in [0.15, 0.2) is 0 Å². The quantitative estimate of drug-likeness (QED) is 0.0979. The van der Waals surface area contributed by atoms with E-state index in [-0.39, 0.29) is 32.1 Å². The van der Waals surface area contributed by atoms with Crippen LogP contribution in [0.3, 0.4) is 0 Å². The molecule has 2 saturated heterocycles. The van der Waals surface area contributed by atoms with Gasteiger partial charge < -0.3 is 10.6 Å². The SMILES string of the molecule is N=C(N)NOCCONC(=O)C1CCC2CN1C(=O)N2OS(=O)(=O)O. The van der Waals surface area contributed by atoms with Crippen LogP contribution in [0, 0.1) is 5.41 Å². The van der Waals surface area contributed by atoms with E-state index in [2.05, 4.69) is 15.2 Å². The number of nitrogens with zero attached hydrogens (tertiary/aromatic N) is 2. The number of carbonyl (C=O) groups is 2.